The highest BCUT2D eigenvalue weighted by molar-refractivity contribution is 7.98. The van der Waals surface area contributed by atoms with Gasteiger partial charge in [-0.3, -0.25) is 0 Å². The summed E-state index contributed by atoms with van der Waals surface area (Å²) in [4.78, 5) is 1.10. The van der Waals surface area contributed by atoms with Gasteiger partial charge in [-0.15, -0.1) is 11.8 Å². The molecule has 0 heterocycles. The van der Waals surface area contributed by atoms with Gasteiger partial charge in [-0.25, -0.2) is 4.39 Å². The molecule has 0 amide bonds. The summed E-state index contributed by atoms with van der Waals surface area (Å²) in [6.45, 7) is 0. The van der Waals surface area contributed by atoms with E-state index in [2.05, 4.69) is 0 Å². The van der Waals surface area contributed by atoms with E-state index in [1.807, 2.05) is 24.3 Å². The van der Waals surface area contributed by atoms with Crippen LogP contribution in [0.2, 0.25) is 0 Å². The normalized spacial score (nSPS) is 10.3. The lowest BCUT2D eigenvalue weighted by atomic mass is 10.2. The van der Waals surface area contributed by atoms with E-state index in [1.165, 1.54) is 12.1 Å². The van der Waals surface area contributed by atoms with Crippen molar-refractivity contribution in [2.45, 2.75) is 10.6 Å². The number of methoxy groups -OCH3 is 1. The van der Waals surface area contributed by atoms with Crippen LogP contribution in [0, 0.1) is 5.82 Å². The molecule has 0 bridgehead atoms. The number of rotatable bonds is 4. The predicted molar refractivity (Wildman–Crippen MR) is 73.4 cm³/mol. The van der Waals surface area contributed by atoms with Gasteiger partial charge >= 0.3 is 0 Å². The Morgan fingerprint density at radius 1 is 1.22 bits per heavy atom. The van der Waals surface area contributed by atoms with Crippen molar-refractivity contribution in [1.82, 2.24) is 0 Å². The van der Waals surface area contributed by atoms with E-state index >= 15 is 0 Å². The Hall–Kier alpha value is -1.68. The summed E-state index contributed by atoms with van der Waals surface area (Å²) in [5.41, 5.74) is 7.19. The third-order valence-corrected chi connectivity index (χ3v) is 3.59. The molecule has 0 atom stereocenters. The van der Waals surface area contributed by atoms with Crippen LogP contribution in [0.3, 0.4) is 0 Å². The number of hydrogen-bond acceptors (Lipinski definition) is 3. The summed E-state index contributed by atoms with van der Waals surface area (Å²) in [6.07, 6.45) is 0. The predicted octanol–water partition coefficient (Wildman–Crippen LogP) is 3.71. The van der Waals surface area contributed by atoms with Crippen molar-refractivity contribution >= 4 is 17.4 Å². The van der Waals surface area contributed by atoms with Gasteiger partial charge in [-0.05, 0) is 35.9 Å². The van der Waals surface area contributed by atoms with Gasteiger partial charge in [0.25, 0.3) is 0 Å². The van der Waals surface area contributed by atoms with Crippen LogP contribution in [0.25, 0.3) is 0 Å². The minimum Gasteiger partial charge on any atom is -0.497 e. The van der Waals surface area contributed by atoms with Crippen molar-refractivity contribution in [2.75, 3.05) is 12.8 Å². The Morgan fingerprint density at radius 3 is 2.78 bits per heavy atom. The van der Waals surface area contributed by atoms with Crippen LogP contribution in [-0.4, -0.2) is 7.11 Å². The molecule has 0 aliphatic carbocycles. The molecule has 2 aromatic rings. The van der Waals surface area contributed by atoms with E-state index < -0.39 is 0 Å². The molecule has 0 saturated carbocycles. The minimum absolute atomic E-state index is 0.303. The van der Waals surface area contributed by atoms with E-state index in [0.29, 0.717) is 11.4 Å². The number of anilines is 1. The van der Waals surface area contributed by atoms with Crippen LogP contribution >= 0.6 is 11.8 Å². The second-order valence-electron chi connectivity index (χ2n) is 3.81. The van der Waals surface area contributed by atoms with Gasteiger partial charge in [-0.1, -0.05) is 12.1 Å². The van der Waals surface area contributed by atoms with E-state index in [9.17, 15) is 4.39 Å². The van der Waals surface area contributed by atoms with E-state index in [0.717, 1.165) is 16.2 Å². The smallest absolute Gasteiger partial charge is 0.125 e. The van der Waals surface area contributed by atoms with Crippen LogP contribution < -0.4 is 10.5 Å². The van der Waals surface area contributed by atoms with Crippen LogP contribution in [0.5, 0.6) is 5.75 Å². The molecule has 2 rings (SSSR count). The molecule has 0 radical (unpaired) electrons. The average Bonchev–Trinajstić information content (AvgIpc) is 2.38. The zero-order valence-corrected chi connectivity index (χ0v) is 10.8. The molecule has 4 heteroatoms. The molecule has 0 aromatic heterocycles. The molecule has 2 nitrogen and oxygen atoms in total. The minimum atomic E-state index is -0.303. The second-order valence-corrected chi connectivity index (χ2v) is 4.86. The Labute approximate surface area is 110 Å². The molecule has 94 valence electrons. The number of nitrogen functional groups attached to an aromatic ring is 1. The van der Waals surface area contributed by atoms with Crippen molar-refractivity contribution in [3.8, 4) is 5.75 Å². The SMILES string of the molecule is COc1cccc(SCc2ccc(F)cc2N)c1. The van der Waals surface area contributed by atoms with Crippen molar-refractivity contribution in [2.24, 2.45) is 0 Å². The Bertz CT molecular complexity index is 545. The Balaban J connectivity index is 2.06. The summed E-state index contributed by atoms with van der Waals surface area (Å²) in [6, 6.07) is 12.3. The van der Waals surface area contributed by atoms with Crippen LogP contribution in [0.15, 0.2) is 47.4 Å². The molecule has 2 aromatic carbocycles. The lowest BCUT2D eigenvalue weighted by molar-refractivity contribution is 0.413. The molecular weight excluding hydrogens is 249 g/mol. The second kappa shape index (κ2) is 5.78. The summed E-state index contributed by atoms with van der Waals surface area (Å²) in [5, 5.41) is 0. The quantitative estimate of drug-likeness (QED) is 0.674. The first-order chi connectivity index (χ1) is 8.69. The first-order valence-electron chi connectivity index (χ1n) is 5.50. The molecule has 0 aliphatic heterocycles. The zero-order valence-electron chi connectivity index (χ0n) is 10.0. The number of benzene rings is 2. The molecule has 0 aliphatic rings. The first-order valence-corrected chi connectivity index (χ1v) is 6.48. The third-order valence-electron chi connectivity index (χ3n) is 2.54. The standard InChI is InChI=1S/C14H14FNOS/c1-17-12-3-2-4-13(8-12)18-9-10-5-6-11(15)7-14(10)16/h2-8H,9,16H2,1H3. The zero-order chi connectivity index (χ0) is 13.0. The first kappa shape index (κ1) is 12.8. The molecule has 18 heavy (non-hydrogen) atoms. The van der Waals surface area contributed by atoms with Gasteiger partial charge in [0, 0.05) is 16.3 Å². The lowest BCUT2D eigenvalue weighted by Gasteiger charge is -2.07. The summed E-state index contributed by atoms with van der Waals surface area (Å²) < 4.78 is 18.1. The molecule has 0 unspecified atom stereocenters. The average molecular weight is 263 g/mol. The summed E-state index contributed by atoms with van der Waals surface area (Å²) in [5.74, 6) is 1.23. The Kier molecular flexibility index (Phi) is 4.10. The van der Waals surface area contributed by atoms with Gasteiger partial charge in [0.15, 0.2) is 0 Å². The fraction of sp³-hybridized carbons (Fsp3) is 0.143. The maximum Gasteiger partial charge on any atom is 0.125 e. The maximum absolute atomic E-state index is 12.9. The van der Waals surface area contributed by atoms with Gasteiger partial charge in [0.1, 0.15) is 11.6 Å². The van der Waals surface area contributed by atoms with E-state index in [1.54, 1.807) is 24.9 Å². The molecule has 0 saturated heterocycles. The fourth-order valence-corrected chi connectivity index (χ4v) is 2.51. The van der Waals surface area contributed by atoms with E-state index in [-0.39, 0.29) is 5.82 Å². The topological polar surface area (TPSA) is 35.2 Å². The molecule has 2 N–H and O–H groups in total. The largest absolute Gasteiger partial charge is 0.497 e. The monoisotopic (exact) mass is 263 g/mol. The van der Waals surface area contributed by atoms with Crippen LogP contribution in [0.1, 0.15) is 5.56 Å². The highest BCUT2D eigenvalue weighted by Crippen LogP contribution is 2.28. The molecule has 0 spiro atoms. The number of nitrogens with two attached hydrogens (primary N) is 1. The van der Waals surface area contributed by atoms with Crippen LogP contribution in [-0.2, 0) is 5.75 Å². The number of ether oxygens (including phenoxy) is 1. The highest BCUT2D eigenvalue weighted by atomic mass is 32.2. The van der Waals surface area contributed by atoms with Crippen molar-refractivity contribution in [1.29, 1.82) is 0 Å². The molecule has 0 fully saturated rings. The lowest BCUT2D eigenvalue weighted by Crippen LogP contribution is -1.93. The van der Waals surface area contributed by atoms with E-state index in [4.69, 9.17) is 10.5 Å². The van der Waals surface area contributed by atoms with Crippen LogP contribution in [0.4, 0.5) is 10.1 Å². The highest BCUT2D eigenvalue weighted by Gasteiger charge is 2.03. The molecular formula is C14H14FNOS. The summed E-state index contributed by atoms with van der Waals surface area (Å²) in [7, 11) is 1.64. The number of thioether (sulfide) groups is 1. The van der Waals surface area contributed by atoms with Gasteiger partial charge in [0.05, 0.1) is 7.11 Å². The maximum atomic E-state index is 12.9. The fourth-order valence-electron chi connectivity index (χ4n) is 1.55. The van der Waals surface area contributed by atoms with Gasteiger partial charge in [-0.2, -0.15) is 0 Å². The van der Waals surface area contributed by atoms with Gasteiger partial charge in [0.2, 0.25) is 0 Å². The number of hydrogen-bond donors (Lipinski definition) is 1. The summed E-state index contributed by atoms with van der Waals surface area (Å²) >= 11 is 1.64. The Morgan fingerprint density at radius 2 is 2.06 bits per heavy atom. The number of halogens is 1. The van der Waals surface area contributed by atoms with Crippen molar-refractivity contribution in [3.63, 3.8) is 0 Å². The van der Waals surface area contributed by atoms with Gasteiger partial charge < -0.3 is 10.5 Å². The third kappa shape index (κ3) is 3.17. The van der Waals surface area contributed by atoms with Crippen molar-refractivity contribution < 1.29 is 9.13 Å². The van der Waals surface area contributed by atoms with Crippen molar-refractivity contribution in [3.05, 3.63) is 53.8 Å².